The van der Waals surface area contributed by atoms with Crippen molar-refractivity contribution in [1.29, 1.82) is 0 Å². The number of hydrogen-bond acceptors (Lipinski definition) is 4. The van der Waals surface area contributed by atoms with Crippen LogP contribution in [-0.2, 0) is 13.1 Å². The van der Waals surface area contributed by atoms with E-state index in [1.807, 2.05) is 4.68 Å². The molecule has 3 rings (SSSR count). The minimum Gasteiger partial charge on any atom is -0.308 e. The molecule has 21 heavy (non-hydrogen) atoms. The average molecular weight is 291 g/mol. The summed E-state index contributed by atoms with van der Waals surface area (Å²) in [6.45, 7) is 5.27. The maximum absolute atomic E-state index is 4.25. The van der Waals surface area contributed by atoms with Gasteiger partial charge in [-0.2, -0.15) is 0 Å². The van der Waals surface area contributed by atoms with Crippen LogP contribution in [0, 0.1) is 5.92 Å². The van der Waals surface area contributed by atoms with E-state index in [2.05, 4.69) is 40.7 Å². The highest BCUT2D eigenvalue weighted by atomic mass is 15.4. The molecule has 1 heterocycles. The minimum atomic E-state index is 0.731. The molecular weight excluding hydrogens is 262 g/mol. The van der Waals surface area contributed by atoms with Crippen molar-refractivity contribution in [2.75, 3.05) is 13.6 Å². The third kappa shape index (κ3) is 4.27. The SMILES string of the molecule is CC1CCCCC1N(C)CCn1cc(CNC2CC2)nn1. The minimum absolute atomic E-state index is 0.731. The summed E-state index contributed by atoms with van der Waals surface area (Å²) >= 11 is 0. The summed E-state index contributed by atoms with van der Waals surface area (Å²) in [5, 5.41) is 12.0. The van der Waals surface area contributed by atoms with Crippen LogP contribution in [0.15, 0.2) is 6.20 Å². The number of hydrogen-bond donors (Lipinski definition) is 1. The van der Waals surface area contributed by atoms with Gasteiger partial charge in [-0.1, -0.05) is 25.0 Å². The Labute approximate surface area is 128 Å². The molecule has 2 aliphatic rings. The molecule has 2 fully saturated rings. The van der Waals surface area contributed by atoms with Crippen LogP contribution in [0.2, 0.25) is 0 Å². The summed E-state index contributed by atoms with van der Waals surface area (Å²) in [6, 6.07) is 1.48. The van der Waals surface area contributed by atoms with Crippen LogP contribution in [-0.4, -0.2) is 45.6 Å². The number of aromatic nitrogens is 3. The summed E-state index contributed by atoms with van der Waals surface area (Å²) in [6.07, 6.45) is 10.3. The third-order valence-corrected chi connectivity index (χ3v) is 5.05. The maximum Gasteiger partial charge on any atom is 0.0964 e. The maximum atomic E-state index is 4.25. The molecular formula is C16H29N5. The van der Waals surface area contributed by atoms with Gasteiger partial charge < -0.3 is 10.2 Å². The second-order valence-corrected chi connectivity index (χ2v) is 6.94. The summed E-state index contributed by atoms with van der Waals surface area (Å²) in [5.41, 5.74) is 1.07. The Bertz CT molecular complexity index is 440. The van der Waals surface area contributed by atoms with Crippen LogP contribution < -0.4 is 5.32 Å². The Kier molecular flexibility index (Phi) is 4.91. The first-order valence-corrected chi connectivity index (χ1v) is 8.55. The lowest BCUT2D eigenvalue weighted by atomic mass is 9.85. The van der Waals surface area contributed by atoms with Gasteiger partial charge in [-0.3, -0.25) is 4.68 Å². The van der Waals surface area contributed by atoms with E-state index in [4.69, 9.17) is 0 Å². The normalized spacial score (nSPS) is 26.4. The van der Waals surface area contributed by atoms with Crippen LogP contribution in [0.1, 0.15) is 51.1 Å². The smallest absolute Gasteiger partial charge is 0.0964 e. The van der Waals surface area contributed by atoms with Gasteiger partial charge in [0.1, 0.15) is 0 Å². The zero-order chi connectivity index (χ0) is 14.7. The topological polar surface area (TPSA) is 46.0 Å². The molecule has 2 aliphatic carbocycles. The zero-order valence-corrected chi connectivity index (χ0v) is 13.5. The van der Waals surface area contributed by atoms with Crippen LogP contribution >= 0.6 is 0 Å². The van der Waals surface area contributed by atoms with Gasteiger partial charge in [-0.15, -0.1) is 5.10 Å². The highest BCUT2D eigenvalue weighted by molar-refractivity contribution is 4.94. The molecule has 1 aromatic heterocycles. The zero-order valence-electron chi connectivity index (χ0n) is 13.5. The van der Waals surface area contributed by atoms with Crippen LogP contribution in [0.25, 0.3) is 0 Å². The van der Waals surface area contributed by atoms with E-state index >= 15 is 0 Å². The molecule has 118 valence electrons. The van der Waals surface area contributed by atoms with Crippen molar-refractivity contribution in [2.24, 2.45) is 5.92 Å². The fourth-order valence-corrected chi connectivity index (χ4v) is 3.44. The molecule has 0 bridgehead atoms. The van der Waals surface area contributed by atoms with Gasteiger partial charge in [-0.05, 0) is 38.6 Å². The Hall–Kier alpha value is -0.940. The van der Waals surface area contributed by atoms with Gasteiger partial charge in [0.25, 0.3) is 0 Å². The molecule has 0 spiro atoms. The lowest BCUT2D eigenvalue weighted by molar-refractivity contribution is 0.134. The molecule has 5 nitrogen and oxygen atoms in total. The van der Waals surface area contributed by atoms with Crippen molar-refractivity contribution < 1.29 is 0 Å². The van der Waals surface area contributed by atoms with E-state index in [0.717, 1.165) is 43.3 Å². The highest BCUT2D eigenvalue weighted by Crippen LogP contribution is 2.27. The van der Waals surface area contributed by atoms with Gasteiger partial charge in [-0.25, -0.2) is 0 Å². The molecule has 1 N–H and O–H groups in total. The first-order valence-electron chi connectivity index (χ1n) is 8.55. The summed E-state index contributed by atoms with van der Waals surface area (Å²) in [7, 11) is 2.26. The van der Waals surface area contributed by atoms with Crippen molar-refractivity contribution >= 4 is 0 Å². The van der Waals surface area contributed by atoms with Crippen LogP contribution in [0.3, 0.4) is 0 Å². The van der Waals surface area contributed by atoms with Gasteiger partial charge >= 0.3 is 0 Å². The second kappa shape index (κ2) is 6.88. The molecule has 5 heteroatoms. The third-order valence-electron chi connectivity index (χ3n) is 5.05. The van der Waals surface area contributed by atoms with Crippen LogP contribution in [0.4, 0.5) is 0 Å². The fourth-order valence-electron chi connectivity index (χ4n) is 3.44. The lowest BCUT2D eigenvalue weighted by Gasteiger charge is -2.36. The second-order valence-electron chi connectivity index (χ2n) is 6.94. The molecule has 2 atom stereocenters. The molecule has 0 radical (unpaired) electrons. The number of likely N-dealkylation sites (N-methyl/N-ethyl adjacent to an activating group) is 1. The van der Waals surface area contributed by atoms with E-state index < -0.39 is 0 Å². The van der Waals surface area contributed by atoms with Crippen molar-refractivity contribution in [3.8, 4) is 0 Å². The molecule has 0 aromatic carbocycles. The van der Waals surface area contributed by atoms with E-state index in [-0.39, 0.29) is 0 Å². The first-order chi connectivity index (χ1) is 10.2. The number of rotatable bonds is 7. The van der Waals surface area contributed by atoms with Gasteiger partial charge in [0, 0.05) is 31.4 Å². The molecule has 1 aromatic rings. The predicted octanol–water partition coefficient (Wildman–Crippen LogP) is 2.04. The number of nitrogens with zero attached hydrogens (tertiary/aromatic N) is 4. The predicted molar refractivity (Wildman–Crippen MR) is 83.9 cm³/mol. The number of nitrogens with one attached hydrogen (secondary N) is 1. The summed E-state index contributed by atoms with van der Waals surface area (Å²) < 4.78 is 1.99. The highest BCUT2D eigenvalue weighted by Gasteiger charge is 2.24. The van der Waals surface area contributed by atoms with Crippen molar-refractivity contribution in [2.45, 2.75) is 70.6 Å². The molecule has 2 saturated carbocycles. The standard InChI is InChI=1S/C16H29N5/c1-13-5-3-4-6-16(13)20(2)9-10-21-12-15(18-19-21)11-17-14-7-8-14/h12-14,16-17H,3-11H2,1-2H3. The Morgan fingerprint density at radius 2 is 2.10 bits per heavy atom. The van der Waals surface area contributed by atoms with E-state index in [1.165, 1.54) is 38.5 Å². The van der Waals surface area contributed by atoms with Gasteiger partial charge in [0.15, 0.2) is 0 Å². The van der Waals surface area contributed by atoms with E-state index in [0.29, 0.717) is 0 Å². The van der Waals surface area contributed by atoms with Crippen LogP contribution in [0.5, 0.6) is 0 Å². The first kappa shape index (κ1) is 15.0. The molecule has 2 unspecified atom stereocenters. The van der Waals surface area contributed by atoms with Gasteiger partial charge in [0.2, 0.25) is 0 Å². The van der Waals surface area contributed by atoms with E-state index in [1.54, 1.807) is 0 Å². The van der Waals surface area contributed by atoms with E-state index in [9.17, 15) is 0 Å². The fraction of sp³-hybridized carbons (Fsp3) is 0.875. The Morgan fingerprint density at radius 3 is 2.86 bits per heavy atom. The molecule has 0 saturated heterocycles. The lowest BCUT2D eigenvalue weighted by Crippen LogP contribution is -2.40. The largest absolute Gasteiger partial charge is 0.308 e. The van der Waals surface area contributed by atoms with Crippen molar-refractivity contribution in [3.05, 3.63) is 11.9 Å². The molecule has 0 amide bonds. The Morgan fingerprint density at radius 1 is 1.29 bits per heavy atom. The average Bonchev–Trinajstić information content (AvgIpc) is 3.21. The monoisotopic (exact) mass is 291 g/mol. The quantitative estimate of drug-likeness (QED) is 0.835. The summed E-state index contributed by atoms with van der Waals surface area (Å²) in [5.74, 6) is 0.831. The van der Waals surface area contributed by atoms with Gasteiger partial charge in [0.05, 0.1) is 12.2 Å². The Balaban J connectivity index is 1.43. The molecule has 0 aliphatic heterocycles. The van der Waals surface area contributed by atoms with Crippen molar-refractivity contribution in [3.63, 3.8) is 0 Å². The van der Waals surface area contributed by atoms with Crippen molar-refractivity contribution in [1.82, 2.24) is 25.2 Å². The summed E-state index contributed by atoms with van der Waals surface area (Å²) in [4.78, 5) is 2.52.